The minimum Gasteiger partial charge on any atom is -0.458 e. The van der Waals surface area contributed by atoms with Crippen LogP contribution < -0.4 is 5.32 Å². The van der Waals surface area contributed by atoms with E-state index in [9.17, 15) is 9.59 Å². The molecule has 0 fully saturated rings. The first-order valence-corrected chi connectivity index (χ1v) is 7.61. The Hall–Kier alpha value is -2.08. The number of carbonyl (C=O) groups is 2. The zero-order valence-corrected chi connectivity index (χ0v) is 14.0. The Bertz CT molecular complexity index is 482. The predicted molar refractivity (Wildman–Crippen MR) is 85.9 cm³/mol. The van der Waals surface area contributed by atoms with Crippen molar-refractivity contribution in [1.82, 2.24) is 5.32 Å². The highest BCUT2D eigenvalue weighted by Crippen LogP contribution is 2.06. The van der Waals surface area contributed by atoms with Crippen LogP contribution in [0.15, 0.2) is 30.3 Å². The fourth-order valence-corrected chi connectivity index (χ4v) is 1.67. The molecule has 6 heteroatoms. The number of alkyl carbamates (subject to hydrolysis) is 1. The van der Waals surface area contributed by atoms with Gasteiger partial charge >= 0.3 is 12.1 Å². The third-order valence-electron chi connectivity index (χ3n) is 2.59. The Morgan fingerprint density at radius 2 is 1.83 bits per heavy atom. The lowest BCUT2D eigenvalue weighted by Crippen LogP contribution is -2.28. The van der Waals surface area contributed by atoms with Gasteiger partial charge < -0.3 is 19.5 Å². The molecular weight excluding hydrogens is 298 g/mol. The second-order valence-corrected chi connectivity index (χ2v) is 5.98. The standard InChI is InChI=1S/C17H25NO5/c1-17(2,3)23-15(19)13-21-11-7-10-18-16(20)22-12-14-8-5-4-6-9-14/h4-6,8-9H,7,10-13H2,1-3H3,(H,18,20). The lowest BCUT2D eigenvalue weighted by atomic mass is 10.2. The average molecular weight is 323 g/mol. The van der Waals surface area contributed by atoms with Gasteiger partial charge in [-0.1, -0.05) is 30.3 Å². The van der Waals surface area contributed by atoms with Crippen molar-refractivity contribution >= 4 is 12.1 Å². The van der Waals surface area contributed by atoms with E-state index in [4.69, 9.17) is 14.2 Å². The molecule has 0 aliphatic carbocycles. The van der Waals surface area contributed by atoms with E-state index in [-0.39, 0.29) is 13.2 Å². The molecule has 0 saturated carbocycles. The highest BCUT2D eigenvalue weighted by atomic mass is 16.6. The molecule has 0 heterocycles. The van der Waals surface area contributed by atoms with Crippen molar-refractivity contribution in [2.24, 2.45) is 0 Å². The molecule has 1 aromatic rings. The molecule has 0 atom stereocenters. The zero-order valence-electron chi connectivity index (χ0n) is 14.0. The molecular formula is C17H25NO5. The summed E-state index contributed by atoms with van der Waals surface area (Å²) in [6.45, 7) is 6.33. The number of esters is 1. The van der Waals surface area contributed by atoms with E-state index < -0.39 is 17.7 Å². The first-order chi connectivity index (χ1) is 10.9. The van der Waals surface area contributed by atoms with Gasteiger partial charge in [-0.2, -0.15) is 0 Å². The van der Waals surface area contributed by atoms with E-state index in [2.05, 4.69) is 5.32 Å². The van der Waals surface area contributed by atoms with Crippen LogP contribution in [0.4, 0.5) is 4.79 Å². The number of ether oxygens (including phenoxy) is 3. The third-order valence-corrected chi connectivity index (χ3v) is 2.59. The van der Waals surface area contributed by atoms with Gasteiger partial charge in [-0.05, 0) is 32.8 Å². The largest absolute Gasteiger partial charge is 0.458 e. The lowest BCUT2D eigenvalue weighted by molar-refractivity contribution is -0.160. The molecule has 23 heavy (non-hydrogen) atoms. The Morgan fingerprint density at radius 1 is 1.13 bits per heavy atom. The summed E-state index contributed by atoms with van der Waals surface area (Å²) < 4.78 is 15.4. The number of carbonyl (C=O) groups excluding carboxylic acids is 2. The van der Waals surface area contributed by atoms with Crippen molar-refractivity contribution in [2.75, 3.05) is 19.8 Å². The summed E-state index contributed by atoms with van der Waals surface area (Å²) in [6.07, 6.45) is 0.115. The van der Waals surface area contributed by atoms with Crippen LogP contribution in [0.5, 0.6) is 0 Å². The summed E-state index contributed by atoms with van der Waals surface area (Å²) >= 11 is 0. The number of hydrogen-bond donors (Lipinski definition) is 1. The number of rotatable bonds is 8. The molecule has 0 unspecified atom stereocenters. The van der Waals surface area contributed by atoms with Crippen LogP contribution in [0.25, 0.3) is 0 Å². The summed E-state index contributed by atoms with van der Waals surface area (Å²) in [6, 6.07) is 9.45. The zero-order chi connectivity index (χ0) is 17.1. The maximum Gasteiger partial charge on any atom is 0.407 e. The third kappa shape index (κ3) is 10.3. The van der Waals surface area contributed by atoms with Crippen molar-refractivity contribution in [3.63, 3.8) is 0 Å². The fourth-order valence-electron chi connectivity index (χ4n) is 1.67. The minimum atomic E-state index is -0.509. The maximum atomic E-state index is 11.5. The monoisotopic (exact) mass is 323 g/mol. The van der Waals surface area contributed by atoms with Crippen LogP contribution in [-0.4, -0.2) is 37.4 Å². The van der Waals surface area contributed by atoms with Crippen LogP contribution in [0.3, 0.4) is 0 Å². The number of benzene rings is 1. The maximum absolute atomic E-state index is 11.5. The lowest BCUT2D eigenvalue weighted by Gasteiger charge is -2.19. The molecule has 0 spiro atoms. The fraction of sp³-hybridized carbons (Fsp3) is 0.529. The first kappa shape index (κ1) is 19.0. The number of hydrogen-bond acceptors (Lipinski definition) is 5. The van der Waals surface area contributed by atoms with Crippen molar-refractivity contribution in [3.05, 3.63) is 35.9 Å². The summed E-state index contributed by atoms with van der Waals surface area (Å²) in [5.74, 6) is -0.396. The van der Waals surface area contributed by atoms with Crippen LogP contribution in [0, 0.1) is 0 Å². The van der Waals surface area contributed by atoms with E-state index in [1.807, 2.05) is 30.3 Å². The van der Waals surface area contributed by atoms with Gasteiger partial charge in [-0.3, -0.25) is 0 Å². The Kier molecular flexibility index (Phi) is 8.11. The van der Waals surface area contributed by atoms with Crippen molar-refractivity contribution < 1.29 is 23.8 Å². The topological polar surface area (TPSA) is 73.9 Å². The summed E-state index contributed by atoms with van der Waals surface area (Å²) in [5, 5.41) is 2.62. The second-order valence-electron chi connectivity index (χ2n) is 5.98. The van der Waals surface area contributed by atoms with Gasteiger partial charge in [0.05, 0.1) is 0 Å². The molecule has 1 rings (SSSR count). The highest BCUT2D eigenvalue weighted by Gasteiger charge is 2.15. The molecule has 128 valence electrons. The first-order valence-electron chi connectivity index (χ1n) is 7.61. The molecule has 0 aromatic heterocycles. The SMILES string of the molecule is CC(C)(C)OC(=O)COCCCNC(=O)OCc1ccccc1. The van der Waals surface area contributed by atoms with Gasteiger partial charge in [0, 0.05) is 13.2 Å². The van der Waals surface area contributed by atoms with Gasteiger partial charge in [0.1, 0.15) is 18.8 Å². The molecule has 0 aliphatic heterocycles. The normalized spacial score (nSPS) is 10.9. The summed E-state index contributed by atoms with van der Waals surface area (Å²) in [7, 11) is 0. The van der Waals surface area contributed by atoms with Gasteiger partial charge in [-0.15, -0.1) is 0 Å². The van der Waals surface area contributed by atoms with E-state index in [1.54, 1.807) is 20.8 Å². The van der Waals surface area contributed by atoms with Crippen LogP contribution in [0.2, 0.25) is 0 Å². The van der Waals surface area contributed by atoms with Crippen molar-refractivity contribution in [1.29, 1.82) is 0 Å². The van der Waals surface area contributed by atoms with Crippen LogP contribution in [0.1, 0.15) is 32.8 Å². The molecule has 0 radical (unpaired) electrons. The molecule has 0 bridgehead atoms. The number of amides is 1. The Labute approximate surface area is 137 Å². The molecule has 1 amide bonds. The average Bonchev–Trinajstić information content (AvgIpc) is 2.48. The predicted octanol–water partition coefficient (Wildman–Crippen LogP) is 2.66. The van der Waals surface area contributed by atoms with E-state index in [1.165, 1.54) is 0 Å². The Balaban J connectivity index is 2.00. The van der Waals surface area contributed by atoms with Gasteiger partial charge in [0.15, 0.2) is 0 Å². The van der Waals surface area contributed by atoms with Crippen molar-refractivity contribution in [2.45, 2.75) is 39.4 Å². The van der Waals surface area contributed by atoms with Crippen LogP contribution >= 0.6 is 0 Å². The van der Waals surface area contributed by atoms with E-state index >= 15 is 0 Å². The smallest absolute Gasteiger partial charge is 0.407 e. The van der Waals surface area contributed by atoms with E-state index in [0.29, 0.717) is 19.6 Å². The minimum absolute atomic E-state index is 0.0876. The van der Waals surface area contributed by atoms with Crippen molar-refractivity contribution in [3.8, 4) is 0 Å². The van der Waals surface area contributed by atoms with Gasteiger partial charge in [0.25, 0.3) is 0 Å². The molecule has 0 aliphatic rings. The summed E-state index contributed by atoms with van der Waals surface area (Å²) in [4.78, 5) is 22.8. The molecule has 6 nitrogen and oxygen atoms in total. The van der Waals surface area contributed by atoms with Gasteiger partial charge in [-0.25, -0.2) is 9.59 Å². The van der Waals surface area contributed by atoms with Gasteiger partial charge in [0.2, 0.25) is 0 Å². The van der Waals surface area contributed by atoms with Crippen LogP contribution in [-0.2, 0) is 25.6 Å². The summed E-state index contributed by atoms with van der Waals surface area (Å²) in [5.41, 5.74) is 0.424. The van der Waals surface area contributed by atoms with E-state index in [0.717, 1.165) is 5.56 Å². The highest BCUT2D eigenvalue weighted by molar-refractivity contribution is 5.71. The molecule has 1 N–H and O–H groups in total. The molecule has 0 saturated heterocycles. The quantitative estimate of drug-likeness (QED) is 0.588. The molecule has 1 aromatic carbocycles. The number of nitrogens with one attached hydrogen (secondary N) is 1. The second kappa shape index (κ2) is 9.84. The Morgan fingerprint density at radius 3 is 2.48 bits per heavy atom.